The number of aliphatic hydroxyl groups excluding tert-OH is 2. The highest BCUT2D eigenvalue weighted by atomic mass is 16.4. The van der Waals surface area contributed by atoms with Crippen molar-refractivity contribution in [1.82, 2.24) is 4.98 Å². The van der Waals surface area contributed by atoms with Crippen molar-refractivity contribution in [2.75, 3.05) is 6.54 Å². The molecule has 6 nitrogen and oxygen atoms in total. The highest BCUT2D eigenvalue weighted by Gasteiger charge is 2.25. The van der Waals surface area contributed by atoms with Crippen molar-refractivity contribution in [3.8, 4) is 0 Å². The summed E-state index contributed by atoms with van der Waals surface area (Å²) in [6, 6.07) is 0. The number of hydrogen-bond donors (Lipinski definition) is 5. The second-order valence-corrected chi connectivity index (χ2v) is 3.72. The van der Waals surface area contributed by atoms with E-state index in [1.165, 1.54) is 0 Å². The van der Waals surface area contributed by atoms with Crippen LogP contribution in [0.25, 0.3) is 0 Å². The van der Waals surface area contributed by atoms with Gasteiger partial charge in [-0.25, -0.2) is 4.79 Å². The number of H-pyrrole nitrogens is 1. The Kier molecular flexibility index (Phi) is 3.69. The minimum atomic E-state index is -1.20. The van der Waals surface area contributed by atoms with Crippen molar-refractivity contribution in [1.29, 1.82) is 0 Å². The van der Waals surface area contributed by atoms with Gasteiger partial charge in [0.05, 0.1) is 17.4 Å². The van der Waals surface area contributed by atoms with Crippen LogP contribution < -0.4 is 5.73 Å². The van der Waals surface area contributed by atoms with Crippen LogP contribution in [0.3, 0.4) is 0 Å². The molecule has 0 spiro atoms. The number of aromatic nitrogens is 1. The molecular formula is C10H16N2O4. The van der Waals surface area contributed by atoms with E-state index in [0.29, 0.717) is 17.0 Å². The molecule has 2 atom stereocenters. The molecule has 1 heterocycles. The third-order valence-corrected chi connectivity index (χ3v) is 2.59. The number of carbonyl (C=O) groups is 1. The van der Waals surface area contributed by atoms with Gasteiger partial charge < -0.3 is 26.0 Å². The molecule has 0 radical (unpaired) electrons. The van der Waals surface area contributed by atoms with Crippen LogP contribution in [-0.2, 0) is 0 Å². The van der Waals surface area contributed by atoms with E-state index in [1.807, 2.05) is 0 Å². The Morgan fingerprint density at radius 1 is 1.44 bits per heavy atom. The molecular weight excluding hydrogens is 212 g/mol. The van der Waals surface area contributed by atoms with Gasteiger partial charge in [0.25, 0.3) is 0 Å². The number of carboxylic acid groups (broad SMARTS) is 1. The lowest BCUT2D eigenvalue weighted by Gasteiger charge is -2.15. The zero-order valence-electron chi connectivity index (χ0n) is 9.19. The Bertz CT molecular complexity index is 400. The maximum atomic E-state index is 10.9. The Morgan fingerprint density at radius 3 is 2.38 bits per heavy atom. The molecule has 0 saturated heterocycles. The quantitative estimate of drug-likeness (QED) is 0.484. The highest BCUT2D eigenvalue weighted by molar-refractivity contribution is 5.91. The van der Waals surface area contributed by atoms with Crippen LogP contribution in [0.2, 0.25) is 0 Å². The molecule has 2 unspecified atom stereocenters. The van der Waals surface area contributed by atoms with Crippen molar-refractivity contribution in [2.24, 2.45) is 5.73 Å². The fourth-order valence-electron chi connectivity index (χ4n) is 1.71. The van der Waals surface area contributed by atoms with E-state index in [1.54, 1.807) is 13.8 Å². The smallest absolute Gasteiger partial charge is 0.337 e. The molecule has 6 N–H and O–H groups in total. The van der Waals surface area contributed by atoms with Gasteiger partial charge in [0.15, 0.2) is 0 Å². The number of carboxylic acids is 1. The minimum Gasteiger partial charge on any atom is -0.478 e. The highest BCUT2D eigenvalue weighted by Crippen LogP contribution is 2.25. The van der Waals surface area contributed by atoms with E-state index in [2.05, 4.69) is 4.98 Å². The second-order valence-electron chi connectivity index (χ2n) is 3.72. The molecule has 0 aliphatic heterocycles. The fourth-order valence-corrected chi connectivity index (χ4v) is 1.71. The number of rotatable bonds is 4. The van der Waals surface area contributed by atoms with Gasteiger partial charge in [-0.15, -0.1) is 0 Å². The molecule has 0 aliphatic carbocycles. The third kappa shape index (κ3) is 2.08. The van der Waals surface area contributed by atoms with Crippen LogP contribution >= 0.6 is 0 Å². The third-order valence-electron chi connectivity index (χ3n) is 2.59. The van der Waals surface area contributed by atoms with Gasteiger partial charge in [-0.3, -0.25) is 0 Å². The van der Waals surface area contributed by atoms with Crippen molar-refractivity contribution in [3.05, 3.63) is 22.5 Å². The molecule has 1 aromatic heterocycles. The van der Waals surface area contributed by atoms with Crippen LogP contribution in [-0.4, -0.2) is 38.9 Å². The first kappa shape index (κ1) is 12.7. The van der Waals surface area contributed by atoms with Gasteiger partial charge in [-0.1, -0.05) is 0 Å². The van der Waals surface area contributed by atoms with E-state index >= 15 is 0 Å². The van der Waals surface area contributed by atoms with Gasteiger partial charge >= 0.3 is 5.97 Å². The lowest BCUT2D eigenvalue weighted by atomic mass is 10.0. The first-order valence-corrected chi connectivity index (χ1v) is 4.88. The minimum absolute atomic E-state index is 0.0962. The largest absolute Gasteiger partial charge is 0.478 e. The van der Waals surface area contributed by atoms with Crippen molar-refractivity contribution >= 4 is 5.97 Å². The molecule has 90 valence electrons. The Balaban J connectivity index is 3.17. The van der Waals surface area contributed by atoms with Gasteiger partial charge in [0, 0.05) is 12.2 Å². The van der Waals surface area contributed by atoms with Crippen LogP contribution in [0, 0.1) is 13.8 Å². The standard InChI is InChI=1S/C10H16N2O4/c1-4-7(10(15)16)5(2)12-8(4)9(14)6(13)3-11/h6,9,12-14H,3,11H2,1-2H3,(H,15,16). The summed E-state index contributed by atoms with van der Waals surface area (Å²) in [5.74, 6) is -1.06. The molecule has 0 amide bonds. The van der Waals surface area contributed by atoms with Crippen molar-refractivity contribution in [2.45, 2.75) is 26.1 Å². The number of aryl methyl sites for hydroxylation is 1. The lowest BCUT2D eigenvalue weighted by molar-refractivity contribution is 0.0216. The summed E-state index contributed by atoms with van der Waals surface area (Å²) < 4.78 is 0. The predicted octanol–water partition coefficient (Wildman–Crippen LogP) is -0.317. The maximum Gasteiger partial charge on any atom is 0.337 e. The molecule has 0 aromatic carbocycles. The van der Waals surface area contributed by atoms with Crippen LogP contribution in [0.5, 0.6) is 0 Å². The summed E-state index contributed by atoms with van der Waals surface area (Å²) in [4.78, 5) is 13.7. The van der Waals surface area contributed by atoms with Gasteiger partial charge in [0.2, 0.25) is 0 Å². The van der Waals surface area contributed by atoms with Crippen molar-refractivity contribution < 1.29 is 20.1 Å². The summed E-state index contributed by atoms with van der Waals surface area (Å²) in [7, 11) is 0. The number of hydrogen-bond acceptors (Lipinski definition) is 4. The molecule has 16 heavy (non-hydrogen) atoms. The zero-order chi connectivity index (χ0) is 12.5. The molecule has 1 aromatic rings. The average molecular weight is 228 g/mol. The van der Waals surface area contributed by atoms with Crippen LogP contribution in [0.4, 0.5) is 0 Å². The summed E-state index contributed by atoms with van der Waals surface area (Å²) in [5.41, 5.74) is 6.52. The fraction of sp³-hybridized carbons (Fsp3) is 0.500. The number of nitrogens with one attached hydrogen (secondary N) is 1. The summed E-state index contributed by atoms with van der Waals surface area (Å²) in [6.45, 7) is 3.08. The molecule has 1 rings (SSSR count). The predicted molar refractivity (Wildman–Crippen MR) is 57.2 cm³/mol. The van der Waals surface area contributed by atoms with E-state index in [9.17, 15) is 15.0 Å². The van der Waals surface area contributed by atoms with Crippen LogP contribution in [0.15, 0.2) is 0 Å². The normalized spacial score (nSPS) is 14.8. The molecule has 0 aliphatic rings. The SMILES string of the molecule is Cc1[nH]c(C(O)C(O)CN)c(C)c1C(=O)O. The van der Waals surface area contributed by atoms with Crippen LogP contribution in [0.1, 0.15) is 33.4 Å². The van der Waals surface area contributed by atoms with Gasteiger partial charge in [-0.05, 0) is 19.4 Å². The topological polar surface area (TPSA) is 120 Å². The van der Waals surface area contributed by atoms with E-state index in [-0.39, 0.29) is 12.1 Å². The Hall–Kier alpha value is -1.37. The molecule has 0 bridgehead atoms. The van der Waals surface area contributed by atoms with Gasteiger partial charge in [-0.2, -0.15) is 0 Å². The first-order chi connectivity index (χ1) is 7.40. The number of aromatic carboxylic acids is 1. The Morgan fingerprint density at radius 2 is 2.00 bits per heavy atom. The number of aliphatic hydroxyl groups is 2. The first-order valence-electron chi connectivity index (χ1n) is 4.88. The van der Waals surface area contributed by atoms with E-state index in [4.69, 9.17) is 10.8 Å². The van der Waals surface area contributed by atoms with E-state index in [0.717, 1.165) is 0 Å². The summed E-state index contributed by atoms with van der Waals surface area (Å²) >= 11 is 0. The second kappa shape index (κ2) is 4.65. The van der Waals surface area contributed by atoms with Gasteiger partial charge in [0.1, 0.15) is 6.10 Å². The number of aromatic amines is 1. The monoisotopic (exact) mass is 228 g/mol. The molecule has 0 fully saturated rings. The summed E-state index contributed by atoms with van der Waals surface area (Å²) in [5, 5.41) is 28.1. The number of nitrogens with two attached hydrogens (primary N) is 1. The maximum absolute atomic E-state index is 10.9. The van der Waals surface area contributed by atoms with E-state index < -0.39 is 18.2 Å². The molecule has 6 heteroatoms. The lowest BCUT2D eigenvalue weighted by Crippen LogP contribution is -2.27. The summed E-state index contributed by atoms with van der Waals surface area (Å²) in [6.07, 6.45) is -2.31. The Labute approximate surface area is 92.7 Å². The average Bonchev–Trinajstić information content (AvgIpc) is 2.51. The van der Waals surface area contributed by atoms with Crippen molar-refractivity contribution in [3.63, 3.8) is 0 Å². The zero-order valence-corrected chi connectivity index (χ0v) is 9.19. The molecule has 0 saturated carbocycles.